The Morgan fingerprint density at radius 2 is 2.25 bits per heavy atom. The summed E-state index contributed by atoms with van der Waals surface area (Å²) >= 11 is 1.84. The molecule has 48 valence electrons. The monoisotopic (exact) mass is 132 g/mol. The lowest BCUT2D eigenvalue weighted by Gasteiger charge is -2.09. The molecule has 1 fully saturated rings. The van der Waals surface area contributed by atoms with Crippen molar-refractivity contribution in [1.29, 1.82) is 0 Å². The van der Waals surface area contributed by atoms with Crippen LogP contribution in [0, 0.1) is 0 Å². The molecule has 0 aromatic carbocycles. The predicted molar refractivity (Wildman–Crippen MR) is 37.1 cm³/mol. The molecule has 1 nitrogen and oxygen atoms in total. The molecule has 1 saturated carbocycles. The van der Waals surface area contributed by atoms with E-state index in [1.807, 2.05) is 11.8 Å². The van der Waals surface area contributed by atoms with Crippen molar-refractivity contribution in [2.24, 2.45) is 0 Å². The van der Waals surface area contributed by atoms with Crippen molar-refractivity contribution in [2.45, 2.75) is 24.7 Å². The van der Waals surface area contributed by atoms with Gasteiger partial charge in [-0.05, 0) is 26.0 Å². The van der Waals surface area contributed by atoms with Crippen LogP contribution in [0.2, 0.25) is 0 Å². The van der Waals surface area contributed by atoms with E-state index in [0.29, 0.717) is 0 Å². The minimum absolute atomic E-state index is 0.259. The van der Waals surface area contributed by atoms with Gasteiger partial charge >= 0.3 is 0 Å². The first-order chi connectivity index (χ1) is 3.83. The van der Waals surface area contributed by atoms with Crippen LogP contribution in [0.4, 0.5) is 0 Å². The zero-order valence-electron chi connectivity index (χ0n) is 5.44. The highest BCUT2D eigenvalue weighted by Crippen LogP contribution is 2.47. The van der Waals surface area contributed by atoms with E-state index < -0.39 is 0 Å². The predicted octanol–water partition coefficient (Wildman–Crippen LogP) is 1.88. The fraction of sp³-hybridized carbons (Fsp3) is 1.00. The van der Waals surface area contributed by atoms with Gasteiger partial charge in [0.2, 0.25) is 0 Å². The summed E-state index contributed by atoms with van der Waals surface area (Å²) in [4.78, 5) is 0.259. The van der Waals surface area contributed by atoms with Crippen molar-refractivity contribution < 1.29 is 4.74 Å². The largest absolute Gasteiger partial charge is 0.365 e. The molecule has 1 rings (SSSR count). The molecule has 0 aromatic heterocycles. The van der Waals surface area contributed by atoms with E-state index in [1.54, 1.807) is 0 Å². The normalized spacial score (nSPS) is 23.2. The van der Waals surface area contributed by atoms with Crippen molar-refractivity contribution in [3.8, 4) is 0 Å². The van der Waals surface area contributed by atoms with Crippen molar-refractivity contribution in [3.05, 3.63) is 0 Å². The molecule has 0 N–H and O–H groups in total. The summed E-state index contributed by atoms with van der Waals surface area (Å²) in [6.07, 6.45) is 4.62. The molecule has 0 aromatic rings. The van der Waals surface area contributed by atoms with Crippen LogP contribution in [-0.2, 0) is 4.74 Å². The summed E-state index contributed by atoms with van der Waals surface area (Å²) < 4.78 is 5.45. The Morgan fingerprint density at radius 3 is 2.38 bits per heavy atom. The van der Waals surface area contributed by atoms with Gasteiger partial charge in [0.05, 0.1) is 0 Å². The van der Waals surface area contributed by atoms with E-state index in [2.05, 4.69) is 13.2 Å². The third-order valence-electron chi connectivity index (χ3n) is 1.44. The first-order valence-corrected chi connectivity index (χ1v) is 4.24. The summed E-state index contributed by atoms with van der Waals surface area (Å²) in [6.45, 7) is 2.91. The molecule has 0 unspecified atom stereocenters. The minimum Gasteiger partial charge on any atom is -0.365 e. The standard InChI is InChI=1S/C6H12OS/c1-3-7-6(8-2)4-5-6/h3-5H2,1-2H3. The molecule has 8 heavy (non-hydrogen) atoms. The smallest absolute Gasteiger partial charge is 0.113 e. The van der Waals surface area contributed by atoms with Gasteiger partial charge in [0.15, 0.2) is 0 Å². The Hall–Kier alpha value is 0.310. The lowest BCUT2D eigenvalue weighted by molar-refractivity contribution is 0.109. The number of ether oxygens (including phenoxy) is 1. The molecule has 0 atom stereocenters. The number of thioether (sulfide) groups is 1. The molecule has 1 aliphatic carbocycles. The fourth-order valence-electron chi connectivity index (χ4n) is 0.772. The molecule has 0 amide bonds. The van der Waals surface area contributed by atoms with Crippen LogP contribution in [0.15, 0.2) is 0 Å². The Balaban J connectivity index is 2.20. The van der Waals surface area contributed by atoms with E-state index >= 15 is 0 Å². The molecule has 0 bridgehead atoms. The Bertz CT molecular complexity index is 78.6. The fourth-order valence-corrected chi connectivity index (χ4v) is 1.52. The SMILES string of the molecule is CCOC1(SC)CC1. The quantitative estimate of drug-likeness (QED) is 0.542. The van der Waals surface area contributed by atoms with E-state index in [-0.39, 0.29) is 4.93 Å². The number of hydrogen-bond acceptors (Lipinski definition) is 2. The van der Waals surface area contributed by atoms with E-state index in [1.165, 1.54) is 12.8 Å². The Labute approximate surface area is 54.8 Å². The van der Waals surface area contributed by atoms with Crippen LogP contribution in [0.5, 0.6) is 0 Å². The molecule has 2 heteroatoms. The first kappa shape index (κ1) is 6.43. The summed E-state index contributed by atoms with van der Waals surface area (Å²) in [6, 6.07) is 0. The summed E-state index contributed by atoms with van der Waals surface area (Å²) in [7, 11) is 0. The molecule has 0 saturated heterocycles. The van der Waals surface area contributed by atoms with Crippen LogP contribution in [0.3, 0.4) is 0 Å². The van der Waals surface area contributed by atoms with Crippen molar-refractivity contribution >= 4 is 11.8 Å². The lowest BCUT2D eigenvalue weighted by Crippen LogP contribution is -2.06. The van der Waals surface area contributed by atoms with Crippen LogP contribution in [-0.4, -0.2) is 17.8 Å². The minimum atomic E-state index is 0.259. The molecule has 0 radical (unpaired) electrons. The third kappa shape index (κ3) is 1.17. The van der Waals surface area contributed by atoms with Gasteiger partial charge in [0.1, 0.15) is 4.93 Å². The molecule has 1 aliphatic rings. The molecular formula is C6H12OS. The van der Waals surface area contributed by atoms with Crippen molar-refractivity contribution in [3.63, 3.8) is 0 Å². The zero-order valence-corrected chi connectivity index (χ0v) is 6.25. The van der Waals surface area contributed by atoms with Crippen LogP contribution in [0.1, 0.15) is 19.8 Å². The van der Waals surface area contributed by atoms with Gasteiger partial charge < -0.3 is 4.74 Å². The average molecular weight is 132 g/mol. The van der Waals surface area contributed by atoms with Crippen LogP contribution < -0.4 is 0 Å². The first-order valence-electron chi connectivity index (χ1n) is 3.02. The highest BCUT2D eigenvalue weighted by Gasteiger charge is 2.42. The summed E-state index contributed by atoms with van der Waals surface area (Å²) in [5.74, 6) is 0. The van der Waals surface area contributed by atoms with E-state index in [4.69, 9.17) is 4.74 Å². The van der Waals surface area contributed by atoms with Crippen LogP contribution in [0.25, 0.3) is 0 Å². The topological polar surface area (TPSA) is 9.23 Å². The van der Waals surface area contributed by atoms with Gasteiger partial charge in [-0.1, -0.05) is 0 Å². The van der Waals surface area contributed by atoms with Gasteiger partial charge in [0.25, 0.3) is 0 Å². The maximum Gasteiger partial charge on any atom is 0.113 e. The molecule has 0 heterocycles. The Morgan fingerprint density at radius 1 is 1.62 bits per heavy atom. The lowest BCUT2D eigenvalue weighted by atomic mass is 10.8. The number of hydrogen-bond donors (Lipinski definition) is 0. The Kier molecular flexibility index (Phi) is 1.83. The van der Waals surface area contributed by atoms with Crippen LogP contribution >= 0.6 is 11.8 Å². The summed E-state index contributed by atoms with van der Waals surface area (Å²) in [5.41, 5.74) is 0. The van der Waals surface area contributed by atoms with E-state index in [0.717, 1.165) is 6.61 Å². The second-order valence-electron chi connectivity index (χ2n) is 2.05. The van der Waals surface area contributed by atoms with Gasteiger partial charge in [0, 0.05) is 6.61 Å². The van der Waals surface area contributed by atoms with Crippen molar-refractivity contribution in [2.75, 3.05) is 12.9 Å². The van der Waals surface area contributed by atoms with Gasteiger partial charge in [-0.3, -0.25) is 0 Å². The van der Waals surface area contributed by atoms with Crippen molar-refractivity contribution in [1.82, 2.24) is 0 Å². The second kappa shape index (κ2) is 2.28. The van der Waals surface area contributed by atoms with E-state index in [9.17, 15) is 0 Å². The highest BCUT2D eigenvalue weighted by molar-refractivity contribution is 8.00. The maximum absolute atomic E-state index is 5.45. The number of rotatable bonds is 3. The average Bonchev–Trinajstić information content (AvgIpc) is 2.50. The zero-order chi connectivity index (χ0) is 6.04. The summed E-state index contributed by atoms with van der Waals surface area (Å²) in [5, 5.41) is 0. The molecular weight excluding hydrogens is 120 g/mol. The molecule has 0 spiro atoms. The van der Waals surface area contributed by atoms with Gasteiger partial charge in [-0.25, -0.2) is 0 Å². The second-order valence-corrected chi connectivity index (χ2v) is 3.20. The van der Waals surface area contributed by atoms with Gasteiger partial charge in [-0.15, -0.1) is 11.8 Å². The molecule has 0 aliphatic heterocycles. The maximum atomic E-state index is 5.45. The highest BCUT2D eigenvalue weighted by atomic mass is 32.2. The van der Waals surface area contributed by atoms with Gasteiger partial charge in [-0.2, -0.15) is 0 Å². The third-order valence-corrected chi connectivity index (χ3v) is 2.71.